The molecule has 5 heteroatoms. The second-order valence-electron chi connectivity index (χ2n) is 2.56. The highest BCUT2D eigenvalue weighted by Crippen LogP contribution is 2.28. The van der Waals surface area contributed by atoms with E-state index in [1.54, 1.807) is 25.3 Å². The lowest BCUT2D eigenvalue weighted by atomic mass is 10.3. The predicted octanol–water partition coefficient (Wildman–Crippen LogP) is 1.45. The summed E-state index contributed by atoms with van der Waals surface area (Å²) in [6.07, 6.45) is 0. The van der Waals surface area contributed by atoms with E-state index >= 15 is 0 Å². The Bertz CT molecular complexity index is 338. The normalized spacial score (nSPS) is 12.2. The molecule has 0 saturated heterocycles. The molecule has 1 aromatic rings. The summed E-state index contributed by atoms with van der Waals surface area (Å²) >= 11 is 0. The predicted molar refractivity (Wildman–Crippen MR) is 55.2 cm³/mol. The summed E-state index contributed by atoms with van der Waals surface area (Å²) in [4.78, 5) is 0. The zero-order valence-electron chi connectivity index (χ0n) is 8.37. The maximum atomic E-state index is 11.4. The molecular weight excluding hydrogens is 203 g/mol. The Labute approximate surface area is 83.7 Å². The summed E-state index contributed by atoms with van der Waals surface area (Å²) in [5, 5.41) is 0.570. The van der Waals surface area contributed by atoms with Crippen LogP contribution in [0.15, 0.2) is 18.2 Å². The molecule has 78 valence electrons. The summed E-state index contributed by atoms with van der Waals surface area (Å²) in [6, 6.07) is 5.08. The molecule has 0 saturated carbocycles. The van der Waals surface area contributed by atoms with Crippen LogP contribution in [0.2, 0.25) is 0 Å². The van der Waals surface area contributed by atoms with Gasteiger partial charge in [-0.1, -0.05) is 0 Å². The van der Waals surface area contributed by atoms with Crippen molar-refractivity contribution in [1.82, 2.24) is 0 Å². The third kappa shape index (κ3) is 2.28. The zero-order chi connectivity index (χ0) is 10.6. The van der Waals surface area contributed by atoms with E-state index in [-0.39, 0.29) is 0 Å². The van der Waals surface area contributed by atoms with Gasteiger partial charge in [0.05, 0.1) is 19.5 Å². The van der Waals surface area contributed by atoms with Crippen LogP contribution in [-0.2, 0) is 9.09 Å². The van der Waals surface area contributed by atoms with Crippen LogP contribution in [0.1, 0.15) is 0 Å². The first-order valence-electron chi connectivity index (χ1n) is 4.03. The molecule has 0 aliphatic carbocycles. The van der Waals surface area contributed by atoms with Crippen LogP contribution in [0.25, 0.3) is 0 Å². The van der Waals surface area contributed by atoms with Crippen molar-refractivity contribution in [3.63, 3.8) is 0 Å². The van der Waals surface area contributed by atoms with Gasteiger partial charge in [0, 0.05) is 13.2 Å². The molecule has 0 spiro atoms. The molecule has 0 fully saturated rings. The van der Waals surface area contributed by atoms with Crippen LogP contribution in [0.3, 0.4) is 0 Å². The molecular formula is C9H13O4P. The van der Waals surface area contributed by atoms with Gasteiger partial charge in [-0.25, -0.2) is 0 Å². The van der Waals surface area contributed by atoms with Crippen molar-refractivity contribution in [2.45, 2.75) is 0 Å². The highest BCUT2D eigenvalue weighted by atomic mass is 31.1. The van der Waals surface area contributed by atoms with E-state index in [1.165, 1.54) is 14.2 Å². The van der Waals surface area contributed by atoms with Crippen LogP contribution < -0.4 is 14.8 Å². The molecule has 4 nitrogen and oxygen atoms in total. The molecule has 0 N–H and O–H groups in total. The molecule has 1 rings (SSSR count). The molecule has 14 heavy (non-hydrogen) atoms. The smallest absolute Gasteiger partial charge is 0.224 e. The SMILES string of the molecule is COc1ccc([PH](=O)OC)c(OC)c1. The van der Waals surface area contributed by atoms with Gasteiger partial charge in [-0.05, 0) is 12.1 Å². The standard InChI is InChI=1S/C9H13O4P/c1-11-7-4-5-9(14(10)13-3)8(6-7)12-2/h4-6,14H,1-3H3. The van der Waals surface area contributed by atoms with Gasteiger partial charge >= 0.3 is 0 Å². The number of hydrogen-bond donors (Lipinski definition) is 0. The first-order valence-corrected chi connectivity index (χ1v) is 5.35. The van der Waals surface area contributed by atoms with E-state index in [0.29, 0.717) is 16.8 Å². The first-order chi connectivity index (χ1) is 6.72. The van der Waals surface area contributed by atoms with Gasteiger partial charge in [-0.15, -0.1) is 0 Å². The molecule has 0 aromatic heterocycles. The Morgan fingerprint density at radius 2 is 1.86 bits per heavy atom. The minimum Gasteiger partial charge on any atom is -0.497 e. The van der Waals surface area contributed by atoms with Crippen LogP contribution in [-0.4, -0.2) is 21.3 Å². The third-order valence-corrected chi connectivity index (χ3v) is 3.04. The van der Waals surface area contributed by atoms with Crippen molar-refractivity contribution in [1.29, 1.82) is 0 Å². The molecule has 0 aliphatic heterocycles. The molecule has 1 atom stereocenters. The number of hydrogen-bond acceptors (Lipinski definition) is 4. The monoisotopic (exact) mass is 216 g/mol. The molecule has 0 bridgehead atoms. The molecule has 0 heterocycles. The van der Waals surface area contributed by atoms with Gasteiger partial charge in [0.15, 0.2) is 0 Å². The second kappa shape index (κ2) is 5.03. The average Bonchev–Trinajstić information content (AvgIpc) is 2.27. The third-order valence-electron chi connectivity index (χ3n) is 1.81. The Morgan fingerprint density at radius 3 is 2.36 bits per heavy atom. The van der Waals surface area contributed by atoms with E-state index < -0.39 is 8.03 Å². The summed E-state index contributed by atoms with van der Waals surface area (Å²) in [6.45, 7) is 0. The summed E-state index contributed by atoms with van der Waals surface area (Å²) < 4.78 is 26.3. The van der Waals surface area contributed by atoms with Gasteiger partial charge in [-0.3, -0.25) is 4.57 Å². The van der Waals surface area contributed by atoms with Crippen molar-refractivity contribution in [2.75, 3.05) is 21.3 Å². The lowest BCUT2D eigenvalue weighted by Gasteiger charge is -2.08. The maximum Gasteiger partial charge on any atom is 0.224 e. The minimum atomic E-state index is -2.20. The van der Waals surface area contributed by atoms with Gasteiger partial charge < -0.3 is 14.0 Å². The number of ether oxygens (including phenoxy) is 2. The van der Waals surface area contributed by atoms with Crippen molar-refractivity contribution < 1.29 is 18.6 Å². The number of methoxy groups -OCH3 is 2. The van der Waals surface area contributed by atoms with Gasteiger partial charge in [-0.2, -0.15) is 0 Å². The number of rotatable bonds is 4. The van der Waals surface area contributed by atoms with Gasteiger partial charge in [0.1, 0.15) is 11.5 Å². The summed E-state index contributed by atoms with van der Waals surface area (Å²) in [5.41, 5.74) is 0. The number of benzene rings is 1. The summed E-state index contributed by atoms with van der Waals surface area (Å²) in [5.74, 6) is 1.19. The van der Waals surface area contributed by atoms with E-state index in [2.05, 4.69) is 0 Å². The zero-order valence-corrected chi connectivity index (χ0v) is 9.37. The first kappa shape index (κ1) is 11.1. The highest BCUT2D eigenvalue weighted by molar-refractivity contribution is 7.48. The van der Waals surface area contributed by atoms with Crippen LogP contribution in [0, 0.1) is 0 Å². The Morgan fingerprint density at radius 1 is 1.14 bits per heavy atom. The summed E-state index contributed by atoms with van der Waals surface area (Å²) in [7, 11) is 2.28. The van der Waals surface area contributed by atoms with Crippen LogP contribution in [0.5, 0.6) is 11.5 Å². The lowest BCUT2D eigenvalue weighted by molar-refractivity contribution is 0.393. The Hall–Kier alpha value is -0.990. The Kier molecular flexibility index (Phi) is 3.98. The molecule has 0 amide bonds. The van der Waals surface area contributed by atoms with Crippen molar-refractivity contribution in [2.24, 2.45) is 0 Å². The quantitative estimate of drug-likeness (QED) is 0.714. The fourth-order valence-corrected chi connectivity index (χ4v) is 1.89. The van der Waals surface area contributed by atoms with Crippen LogP contribution >= 0.6 is 8.03 Å². The van der Waals surface area contributed by atoms with E-state index in [1.807, 2.05) is 0 Å². The van der Waals surface area contributed by atoms with E-state index in [9.17, 15) is 4.57 Å². The van der Waals surface area contributed by atoms with Crippen molar-refractivity contribution in [3.05, 3.63) is 18.2 Å². The fourth-order valence-electron chi connectivity index (χ4n) is 1.08. The lowest BCUT2D eigenvalue weighted by Crippen LogP contribution is -2.03. The molecule has 0 aliphatic rings. The highest BCUT2D eigenvalue weighted by Gasteiger charge is 2.10. The van der Waals surface area contributed by atoms with Gasteiger partial charge in [0.2, 0.25) is 8.03 Å². The van der Waals surface area contributed by atoms with Gasteiger partial charge in [0.25, 0.3) is 0 Å². The molecule has 0 radical (unpaired) electrons. The fraction of sp³-hybridized carbons (Fsp3) is 0.333. The van der Waals surface area contributed by atoms with E-state index in [0.717, 1.165) is 0 Å². The minimum absolute atomic E-state index is 0.523. The van der Waals surface area contributed by atoms with Crippen molar-refractivity contribution >= 4 is 13.3 Å². The van der Waals surface area contributed by atoms with Crippen molar-refractivity contribution in [3.8, 4) is 11.5 Å². The maximum absolute atomic E-state index is 11.4. The second-order valence-corrected chi connectivity index (χ2v) is 4.08. The topological polar surface area (TPSA) is 44.8 Å². The molecule has 1 unspecified atom stereocenters. The van der Waals surface area contributed by atoms with Crippen LogP contribution in [0.4, 0.5) is 0 Å². The Balaban J connectivity index is 3.11. The largest absolute Gasteiger partial charge is 0.497 e. The molecule has 1 aromatic carbocycles. The van der Waals surface area contributed by atoms with E-state index in [4.69, 9.17) is 14.0 Å². The average molecular weight is 216 g/mol.